The Morgan fingerprint density at radius 1 is 1.31 bits per heavy atom. The van der Waals surface area contributed by atoms with E-state index in [1.54, 1.807) is 6.07 Å². The zero-order chi connectivity index (χ0) is 9.26. The third kappa shape index (κ3) is 1.70. The summed E-state index contributed by atoms with van der Waals surface area (Å²) in [4.78, 5) is 11.0. The van der Waals surface area contributed by atoms with Gasteiger partial charge in [0.25, 0.3) is 0 Å². The quantitative estimate of drug-likeness (QED) is 0.445. The second kappa shape index (κ2) is 3.18. The van der Waals surface area contributed by atoms with Crippen LogP contribution in [0.4, 0.5) is 0 Å². The van der Waals surface area contributed by atoms with Crippen LogP contribution in [0, 0.1) is 6.92 Å². The van der Waals surface area contributed by atoms with E-state index in [0.717, 1.165) is 11.1 Å². The molecule has 0 saturated heterocycles. The molecule has 2 rings (SSSR count). The number of aryl methyl sites for hydroxylation is 1. The van der Waals surface area contributed by atoms with Crippen LogP contribution in [-0.2, 0) is 16.1 Å². The molecule has 0 bridgehead atoms. The first-order valence-corrected chi connectivity index (χ1v) is 4.13. The first-order valence-electron chi connectivity index (χ1n) is 4.13. The number of ether oxygens (including phenoxy) is 2. The van der Waals surface area contributed by atoms with Crippen molar-refractivity contribution in [2.45, 2.75) is 13.5 Å². The van der Waals surface area contributed by atoms with Gasteiger partial charge in [0, 0.05) is 5.56 Å². The second-order valence-electron chi connectivity index (χ2n) is 3.08. The number of esters is 1. The molecule has 0 atom stereocenters. The Balaban J connectivity index is 2.40. The molecule has 0 aliphatic carbocycles. The fourth-order valence-electron chi connectivity index (χ4n) is 1.32. The smallest absolute Gasteiger partial charge is 0.337 e. The van der Waals surface area contributed by atoms with Crippen molar-refractivity contribution in [2.75, 3.05) is 6.61 Å². The highest BCUT2D eigenvalue weighted by Gasteiger charge is 2.14. The molecule has 68 valence electrons. The van der Waals surface area contributed by atoms with E-state index < -0.39 is 0 Å². The maximum absolute atomic E-state index is 11.0. The van der Waals surface area contributed by atoms with E-state index in [-0.39, 0.29) is 12.6 Å². The van der Waals surface area contributed by atoms with Gasteiger partial charge in [-0.3, -0.25) is 0 Å². The van der Waals surface area contributed by atoms with Crippen LogP contribution < -0.4 is 4.74 Å². The van der Waals surface area contributed by atoms with E-state index >= 15 is 0 Å². The van der Waals surface area contributed by atoms with Gasteiger partial charge in [-0.25, -0.2) is 4.79 Å². The van der Waals surface area contributed by atoms with Crippen LogP contribution in [0.5, 0.6) is 5.75 Å². The molecule has 13 heavy (non-hydrogen) atoms. The van der Waals surface area contributed by atoms with E-state index in [0.29, 0.717) is 12.4 Å². The van der Waals surface area contributed by atoms with Gasteiger partial charge in [-0.2, -0.15) is 0 Å². The highest BCUT2D eigenvalue weighted by Crippen LogP contribution is 2.22. The van der Waals surface area contributed by atoms with Crippen LogP contribution in [0.1, 0.15) is 11.1 Å². The SMILES string of the molecule is Cc1ccc2c(c1)COCC(=O)O2. The average Bonchev–Trinajstić information content (AvgIpc) is 2.25. The number of hydrogen-bond donors (Lipinski definition) is 0. The third-order valence-electron chi connectivity index (χ3n) is 1.92. The fourth-order valence-corrected chi connectivity index (χ4v) is 1.32. The molecule has 0 aromatic heterocycles. The number of carbonyl (C=O) groups excluding carboxylic acids is 1. The lowest BCUT2D eigenvalue weighted by atomic mass is 10.1. The first-order chi connectivity index (χ1) is 6.25. The minimum atomic E-state index is -0.331. The van der Waals surface area contributed by atoms with E-state index in [4.69, 9.17) is 9.47 Å². The molecule has 0 fully saturated rings. The topological polar surface area (TPSA) is 35.5 Å². The molecule has 0 spiro atoms. The lowest BCUT2D eigenvalue weighted by Gasteiger charge is -2.04. The lowest BCUT2D eigenvalue weighted by Crippen LogP contribution is -2.11. The summed E-state index contributed by atoms with van der Waals surface area (Å²) < 4.78 is 10.2. The monoisotopic (exact) mass is 178 g/mol. The highest BCUT2D eigenvalue weighted by molar-refractivity contribution is 5.74. The molecule has 3 heteroatoms. The largest absolute Gasteiger partial charge is 0.424 e. The van der Waals surface area contributed by atoms with Crippen molar-refractivity contribution in [3.8, 4) is 5.75 Å². The van der Waals surface area contributed by atoms with E-state index in [1.807, 2.05) is 19.1 Å². The summed E-state index contributed by atoms with van der Waals surface area (Å²) in [6.45, 7) is 2.48. The molecule has 0 amide bonds. The number of carbonyl (C=O) groups is 1. The van der Waals surface area contributed by atoms with Crippen molar-refractivity contribution in [3.05, 3.63) is 29.3 Å². The molecular formula is C10H10O3. The Labute approximate surface area is 76.3 Å². The summed E-state index contributed by atoms with van der Waals surface area (Å²) in [7, 11) is 0. The minimum Gasteiger partial charge on any atom is -0.424 e. The van der Waals surface area contributed by atoms with Crippen LogP contribution in [-0.4, -0.2) is 12.6 Å². The Bertz CT molecular complexity index is 344. The molecular weight excluding hydrogens is 168 g/mol. The van der Waals surface area contributed by atoms with E-state index in [9.17, 15) is 4.79 Å². The zero-order valence-electron chi connectivity index (χ0n) is 7.37. The molecule has 0 unspecified atom stereocenters. The molecule has 1 aromatic carbocycles. The maximum atomic E-state index is 11.0. The van der Waals surface area contributed by atoms with Crippen LogP contribution in [0.15, 0.2) is 18.2 Å². The van der Waals surface area contributed by atoms with Gasteiger partial charge in [0.15, 0.2) is 0 Å². The fraction of sp³-hybridized carbons (Fsp3) is 0.300. The van der Waals surface area contributed by atoms with Gasteiger partial charge in [-0.15, -0.1) is 0 Å². The van der Waals surface area contributed by atoms with Crippen molar-refractivity contribution in [1.29, 1.82) is 0 Å². The summed E-state index contributed by atoms with van der Waals surface area (Å²) in [5.41, 5.74) is 2.08. The van der Waals surface area contributed by atoms with E-state index in [1.165, 1.54) is 0 Å². The van der Waals surface area contributed by atoms with Gasteiger partial charge < -0.3 is 9.47 Å². The minimum absolute atomic E-state index is 0.0354. The Hall–Kier alpha value is -1.35. The van der Waals surface area contributed by atoms with Crippen LogP contribution in [0.3, 0.4) is 0 Å². The van der Waals surface area contributed by atoms with Gasteiger partial charge >= 0.3 is 5.97 Å². The number of benzene rings is 1. The van der Waals surface area contributed by atoms with Gasteiger partial charge in [0.2, 0.25) is 0 Å². The molecule has 1 heterocycles. The molecule has 1 aromatic rings. The van der Waals surface area contributed by atoms with Crippen molar-refractivity contribution in [2.24, 2.45) is 0 Å². The molecule has 0 N–H and O–H groups in total. The molecule has 1 aliphatic heterocycles. The van der Waals surface area contributed by atoms with Crippen molar-refractivity contribution < 1.29 is 14.3 Å². The summed E-state index contributed by atoms with van der Waals surface area (Å²) in [6.07, 6.45) is 0. The summed E-state index contributed by atoms with van der Waals surface area (Å²) in [6, 6.07) is 5.68. The van der Waals surface area contributed by atoms with Gasteiger partial charge in [-0.1, -0.05) is 17.7 Å². The number of rotatable bonds is 0. The molecule has 1 aliphatic rings. The Morgan fingerprint density at radius 3 is 3.00 bits per heavy atom. The predicted octanol–water partition coefficient (Wildman–Crippen LogP) is 1.43. The molecule has 0 saturated carbocycles. The van der Waals surface area contributed by atoms with Crippen LogP contribution in [0.2, 0.25) is 0 Å². The van der Waals surface area contributed by atoms with Gasteiger partial charge in [-0.05, 0) is 13.0 Å². The van der Waals surface area contributed by atoms with Gasteiger partial charge in [0.05, 0.1) is 6.61 Å². The summed E-state index contributed by atoms with van der Waals surface area (Å²) in [5.74, 6) is 0.288. The lowest BCUT2D eigenvalue weighted by molar-refractivity contribution is -0.138. The van der Waals surface area contributed by atoms with Crippen LogP contribution in [0.25, 0.3) is 0 Å². The number of hydrogen-bond acceptors (Lipinski definition) is 3. The molecule has 0 radical (unpaired) electrons. The summed E-state index contributed by atoms with van der Waals surface area (Å²) >= 11 is 0. The summed E-state index contributed by atoms with van der Waals surface area (Å²) in [5, 5.41) is 0. The first kappa shape index (κ1) is 8.26. The zero-order valence-corrected chi connectivity index (χ0v) is 7.37. The Morgan fingerprint density at radius 2 is 2.15 bits per heavy atom. The van der Waals surface area contributed by atoms with Crippen LogP contribution >= 0.6 is 0 Å². The van der Waals surface area contributed by atoms with Crippen molar-refractivity contribution in [1.82, 2.24) is 0 Å². The average molecular weight is 178 g/mol. The Kier molecular flexibility index (Phi) is 2.02. The van der Waals surface area contributed by atoms with Crippen molar-refractivity contribution >= 4 is 5.97 Å². The predicted molar refractivity (Wildman–Crippen MR) is 46.5 cm³/mol. The third-order valence-corrected chi connectivity index (χ3v) is 1.92. The highest BCUT2D eigenvalue weighted by atomic mass is 16.6. The van der Waals surface area contributed by atoms with Crippen molar-refractivity contribution in [3.63, 3.8) is 0 Å². The molecule has 3 nitrogen and oxygen atoms in total. The number of fused-ring (bicyclic) bond motifs is 1. The standard InChI is InChI=1S/C10H10O3/c1-7-2-3-9-8(4-7)5-12-6-10(11)13-9/h2-4H,5-6H2,1H3. The van der Waals surface area contributed by atoms with Gasteiger partial charge in [0.1, 0.15) is 12.4 Å². The maximum Gasteiger partial charge on any atom is 0.337 e. The van der Waals surface area contributed by atoms with E-state index in [2.05, 4.69) is 0 Å². The second-order valence-corrected chi connectivity index (χ2v) is 3.08. The normalized spacial score (nSPS) is 15.9.